The van der Waals surface area contributed by atoms with E-state index in [0.717, 1.165) is 68.4 Å². The van der Waals surface area contributed by atoms with Crippen molar-refractivity contribution in [2.75, 3.05) is 19.7 Å². The molecule has 5 rings (SSSR count). The number of aliphatic hydroxyl groups excluding tert-OH is 1. The Balaban J connectivity index is 1.31. The van der Waals surface area contributed by atoms with Crippen molar-refractivity contribution >= 4 is 22.9 Å². The zero-order chi connectivity index (χ0) is 17.7. The van der Waals surface area contributed by atoms with Gasteiger partial charge in [-0.3, -0.25) is 4.90 Å². The van der Waals surface area contributed by atoms with Gasteiger partial charge < -0.3 is 14.4 Å². The minimum atomic E-state index is -0.207. The monoisotopic (exact) mass is 393 g/mol. The molecule has 0 aliphatic carbocycles. The number of likely N-dealkylation sites (tertiary alicyclic amines) is 1. The first-order chi connectivity index (χ1) is 12.7. The number of halogens is 1. The summed E-state index contributed by atoms with van der Waals surface area (Å²) in [6, 6.07) is 0. The van der Waals surface area contributed by atoms with Crippen LogP contribution in [-0.4, -0.2) is 39.3 Å². The molecule has 7 heteroatoms. The molecule has 2 aromatic heterocycles. The summed E-state index contributed by atoms with van der Waals surface area (Å²) in [4.78, 5) is 8.55. The number of piperidine rings is 1. The number of thiophene rings is 1. The first kappa shape index (κ1) is 17.2. The van der Waals surface area contributed by atoms with E-state index in [2.05, 4.69) is 15.7 Å². The van der Waals surface area contributed by atoms with Crippen molar-refractivity contribution in [1.82, 2.24) is 14.5 Å². The van der Waals surface area contributed by atoms with Gasteiger partial charge in [-0.1, -0.05) is 11.6 Å². The Bertz CT molecular complexity index is 802. The second-order valence-electron chi connectivity index (χ2n) is 7.63. The van der Waals surface area contributed by atoms with E-state index in [4.69, 9.17) is 21.3 Å². The van der Waals surface area contributed by atoms with E-state index in [-0.39, 0.29) is 12.2 Å². The first-order valence-corrected chi connectivity index (χ1v) is 10.7. The first-order valence-electron chi connectivity index (χ1n) is 9.51. The van der Waals surface area contributed by atoms with Crippen LogP contribution in [0.3, 0.4) is 0 Å². The van der Waals surface area contributed by atoms with E-state index in [1.807, 2.05) is 0 Å². The number of nitrogens with zero attached hydrogens (tertiary/aromatic N) is 3. The van der Waals surface area contributed by atoms with Gasteiger partial charge in [-0.15, -0.1) is 11.3 Å². The predicted molar refractivity (Wildman–Crippen MR) is 102 cm³/mol. The van der Waals surface area contributed by atoms with Crippen molar-refractivity contribution in [3.63, 3.8) is 0 Å². The topological polar surface area (TPSA) is 50.5 Å². The maximum Gasteiger partial charge on any atom is 0.109 e. The Hall–Kier alpha value is -0.920. The molecule has 5 nitrogen and oxygen atoms in total. The second kappa shape index (κ2) is 6.60. The smallest absolute Gasteiger partial charge is 0.109 e. The zero-order valence-electron chi connectivity index (χ0n) is 14.8. The second-order valence-corrected chi connectivity index (χ2v) is 9.26. The van der Waals surface area contributed by atoms with E-state index in [1.54, 1.807) is 11.3 Å². The van der Waals surface area contributed by atoms with Crippen LogP contribution in [0.4, 0.5) is 0 Å². The number of aliphatic hydroxyl groups is 1. The number of aryl methyl sites for hydroxylation is 2. The van der Waals surface area contributed by atoms with Crippen LogP contribution in [0, 0.1) is 0 Å². The largest absolute Gasteiger partial charge is 0.392 e. The molecule has 0 saturated carbocycles. The average Bonchev–Trinajstić information content (AvgIpc) is 3.30. The lowest BCUT2D eigenvalue weighted by molar-refractivity contribution is -0.0963. The van der Waals surface area contributed by atoms with Crippen LogP contribution in [0.15, 0.2) is 6.20 Å². The fourth-order valence-electron chi connectivity index (χ4n) is 4.74. The summed E-state index contributed by atoms with van der Waals surface area (Å²) >= 11 is 8.01. The summed E-state index contributed by atoms with van der Waals surface area (Å²) < 4.78 is 9.36. The van der Waals surface area contributed by atoms with Crippen LogP contribution in [0.5, 0.6) is 0 Å². The summed E-state index contributed by atoms with van der Waals surface area (Å²) in [5.74, 6) is 1.25. The Labute approximate surface area is 162 Å². The molecule has 0 unspecified atom stereocenters. The average molecular weight is 394 g/mol. The third-order valence-corrected chi connectivity index (χ3v) is 7.84. The molecule has 1 spiro atoms. The predicted octanol–water partition coefficient (Wildman–Crippen LogP) is 3.10. The fraction of sp³-hybridized carbons (Fsp3) is 0.632. The molecule has 0 radical (unpaired) electrons. The molecule has 1 N–H and O–H groups in total. The molecule has 0 atom stereocenters. The van der Waals surface area contributed by atoms with Gasteiger partial charge in [-0.25, -0.2) is 4.98 Å². The van der Waals surface area contributed by atoms with Gasteiger partial charge in [0, 0.05) is 49.2 Å². The van der Waals surface area contributed by atoms with E-state index >= 15 is 0 Å². The molecular weight excluding hydrogens is 370 g/mol. The summed E-state index contributed by atoms with van der Waals surface area (Å²) in [6.45, 7) is 4.81. The van der Waals surface area contributed by atoms with Crippen molar-refractivity contribution < 1.29 is 9.84 Å². The highest BCUT2D eigenvalue weighted by atomic mass is 35.5. The van der Waals surface area contributed by atoms with Crippen molar-refractivity contribution in [1.29, 1.82) is 0 Å². The number of ether oxygens (including phenoxy) is 1. The Kier molecular flexibility index (Phi) is 4.37. The van der Waals surface area contributed by atoms with Crippen molar-refractivity contribution in [2.45, 2.75) is 57.4 Å². The highest BCUT2D eigenvalue weighted by Crippen LogP contribution is 2.48. The molecule has 3 aliphatic heterocycles. The van der Waals surface area contributed by atoms with Gasteiger partial charge in [-0.05, 0) is 31.2 Å². The maximum absolute atomic E-state index is 9.67. The lowest BCUT2D eigenvalue weighted by Crippen LogP contribution is -2.45. The van der Waals surface area contributed by atoms with Crippen molar-refractivity contribution in [3.05, 3.63) is 38.1 Å². The number of rotatable bonds is 3. The maximum atomic E-state index is 9.67. The van der Waals surface area contributed by atoms with Gasteiger partial charge in [-0.2, -0.15) is 0 Å². The summed E-state index contributed by atoms with van der Waals surface area (Å²) in [5, 5.41) is 9.67. The summed E-state index contributed by atoms with van der Waals surface area (Å²) in [5.41, 5.74) is 3.15. The molecule has 1 saturated heterocycles. The number of fused-ring (bicyclic) bond motifs is 3. The molecule has 0 amide bonds. The van der Waals surface area contributed by atoms with E-state index in [1.165, 1.54) is 28.4 Å². The molecule has 5 heterocycles. The van der Waals surface area contributed by atoms with Gasteiger partial charge in [0.25, 0.3) is 0 Å². The van der Waals surface area contributed by atoms with Crippen LogP contribution >= 0.6 is 22.9 Å². The molecule has 140 valence electrons. The van der Waals surface area contributed by atoms with Gasteiger partial charge in [0.2, 0.25) is 0 Å². The van der Waals surface area contributed by atoms with Gasteiger partial charge in [0.15, 0.2) is 0 Å². The lowest BCUT2D eigenvalue weighted by Gasteiger charge is -2.43. The van der Waals surface area contributed by atoms with Crippen LogP contribution < -0.4 is 0 Å². The highest BCUT2D eigenvalue weighted by molar-refractivity contribution is 7.16. The quantitative estimate of drug-likeness (QED) is 0.870. The van der Waals surface area contributed by atoms with E-state index in [0.29, 0.717) is 0 Å². The van der Waals surface area contributed by atoms with Crippen LogP contribution in [0.1, 0.15) is 46.8 Å². The number of aromatic nitrogens is 2. The molecular formula is C19H24ClN3O2S. The zero-order valence-corrected chi connectivity index (χ0v) is 16.4. The SMILES string of the molecule is OCc1c(Cl)sc2c1CCOC21CCN(Cc2cn3c(n2)CCC3)CC1. The van der Waals surface area contributed by atoms with E-state index in [9.17, 15) is 5.11 Å². The Morgan fingerprint density at radius 3 is 2.88 bits per heavy atom. The van der Waals surface area contributed by atoms with E-state index < -0.39 is 0 Å². The minimum Gasteiger partial charge on any atom is -0.392 e. The molecule has 26 heavy (non-hydrogen) atoms. The van der Waals surface area contributed by atoms with Crippen LogP contribution in [0.25, 0.3) is 0 Å². The third-order valence-electron chi connectivity index (χ3n) is 6.13. The minimum absolute atomic E-state index is 0.0257. The molecule has 3 aliphatic rings. The molecule has 1 fully saturated rings. The summed E-state index contributed by atoms with van der Waals surface area (Å²) in [6.07, 6.45) is 7.40. The van der Waals surface area contributed by atoms with Gasteiger partial charge >= 0.3 is 0 Å². The third kappa shape index (κ3) is 2.74. The van der Waals surface area contributed by atoms with Crippen LogP contribution in [0.2, 0.25) is 4.34 Å². The van der Waals surface area contributed by atoms with Crippen molar-refractivity contribution in [3.8, 4) is 0 Å². The highest BCUT2D eigenvalue weighted by Gasteiger charge is 2.43. The lowest BCUT2D eigenvalue weighted by atomic mass is 9.84. The Morgan fingerprint density at radius 2 is 2.12 bits per heavy atom. The Morgan fingerprint density at radius 1 is 1.27 bits per heavy atom. The fourth-order valence-corrected chi connectivity index (χ4v) is 6.43. The van der Waals surface area contributed by atoms with Gasteiger partial charge in [0.1, 0.15) is 11.4 Å². The van der Waals surface area contributed by atoms with Gasteiger partial charge in [0.05, 0.1) is 23.2 Å². The number of imidazole rings is 1. The molecule has 2 aromatic rings. The van der Waals surface area contributed by atoms with Crippen LogP contribution in [-0.2, 0) is 42.9 Å². The number of hydrogen-bond donors (Lipinski definition) is 1. The molecule has 0 bridgehead atoms. The molecule has 0 aromatic carbocycles. The standard InChI is InChI=1S/C19H24ClN3O2S/c20-18-15(12-24)14-3-9-25-19(17(14)26-18)4-7-22(8-5-19)10-13-11-23-6-1-2-16(23)21-13/h11,24H,1-10,12H2. The summed E-state index contributed by atoms with van der Waals surface area (Å²) in [7, 11) is 0. The van der Waals surface area contributed by atoms with Crippen molar-refractivity contribution in [2.24, 2.45) is 0 Å². The normalized spacial score (nSPS) is 21.9. The number of hydrogen-bond acceptors (Lipinski definition) is 5.